The van der Waals surface area contributed by atoms with E-state index in [9.17, 15) is 10.1 Å². The molecule has 6 heteroatoms. The summed E-state index contributed by atoms with van der Waals surface area (Å²) >= 11 is 0. The highest BCUT2D eigenvalue weighted by Crippen LogP contribution is 2.39. The topological polar surface area (TPSA) is 71.3 Å². The summed E-state index contributed by atoms with van der Waals surface area (Å²) in [4.78, 5) is 17.4. The maximum absolute atomic E-state index is 11.1. The monoisotopic (exact) mass is 276 g/mol. The van der Waals surface area contributed by atoms with E-state index in [1.807, 2.05) is 6.92 Å². The van der Waals surface area contributed by atoms with Gasteiger partial charge in [0.15, 0.2) is 0 Å². The average molecular weight is 276 g/mol. The van der Waals surface area contributed by atoms with E-state index in [1.165, 1.54) is 25.3 Å². The van der Waals surface area contributed by atoms with Gasteiger partial charge in [0, 0.05) is 19.6 Å². The minimum atomic E-state index is -0.344. The number of nitro groups is 1. The number of aromatic nitrogens is 1. The summed E-state index contributed by atoms with van der Waals surface area (Å²) in [5.74, 6) is 2.83. The third-order valence-corrected chi connectivity index (χ3v) is 4.42. The highest BCUT2D eigenvalue weighted by Gasteiger charge is 2.37. The van der Waals surface area contributed by atoms with E-state index in [1.54, 1.807) is 6.07 Å². The Kier molecular flexibility index (Phi) is 3.46. The molecule has 0 bridgehead atoms. The van der Waals surface area contributed by atoms with Crippen LogP contribution in [0.2, 0.25) is 0 Å². The van der Waals surface area contributed by atoms with Crippen molar-refractivity contribution in [3.05, 3.63) is 22.2 Å². The maximum Gasteiger partial charge on any atom is 0.276 e. The summed E-state index contributed by atoms with van der Waals surface area (Å²) in [5.41, 5.74) is 0.114. The fourth-order valence-electron chi connectivity index (χ4n) is 3.46. The van der Waals surface area contributed by atoms with Crippen molar-refractivity contribution in [3.63, 3.8) is 0 Å². The number of pyridine rings is 1. The summed E-state index contributed by atoms with van der Waals surface area (Å²) in [6.45, 7) is 4.65. The highest BCUT2D eigenvalue weighted by molar-refractivity contribution is 5.56. The van der Waals surface area contributed by atoms with Crippen molar-refractivity contribution in [2.75, 3.05) is 29.9 Å². The molecule has 2 aliphatic rings. The predicted molar refractivity (Wildman–Crippen MR) is 78.1 cm³/mol. The Labute approximate surface area is 118 Å². The molecule has 1 aliphatic heterocycles. The van der Waals surface area contributed by atoms with Crippen LogP contribution in [-0.4, -0.2) is 29.5 Å². The van der Waals surface area contributed by atoms with E-state index >= 15 is 0 Å². The van der Waals surface area contributed by atoms with Gasteiger partial charge in [-0.15, -0.1) is 0 Å². The molecule has 1 saturated carbocycles. The molecular formula is C14H20N4O2. The van der Waals surface area contributed by atoms with Crippen molar-refractivity contribution in [2.24, 2.45) is 11.8 Å². The third-order valence-electron chi connectivity index (χ3n) is 4.42. The SMILES string of the molecule is CCNc1cc([N+](=O)[O-])cc(N2CC3CCCC3C2)n1. The largest absolute Gasteiger partial charge is 0.370 e. The standard InChI is InChI=1S/C14H20N4O2/c1-2-15-13-6-12(18(19)20)7-14(16-13)17-8-10-4-3-5-11(10)9-17/h6-7,10-11H,2-5,8-9H2,1H3,(H,15,16). The van der Waals surface area contributed by atoms with Crippen molar-refractivity contribution in [1.29, 1.82) is 0 Å². The van der Waals surface area contributed by atoms with Crippen molar-refractivity contribution >= 4 is 17.3 Å². The summed E-state index contributed by atoms with van der Waals surface area (Å²) in [6.07, 6.45) is 3.90. The lowest BCUT2D eigenvalue weighted by Crippen LogP contribution is -2.22. The quantitative estimate of drug-likeness (QED) is 0.676. The Morgan fingerprint density at radius 1 is 1.40 bits per heavy atom. The smallest absolute Gasteiger partial charge is 0.276 e. The first-order chi connectivity index (χ1) is 9.67. The number of hydrogen-bond acceptors (Lipinski definition) is 5. The van der Waals surface area contributed by atoms with E-state index in [2.05, 4.69) is 15.2 Å². The van der Waals surface area contributed by atoms with Gasteiger partial charge in [0.1, 0.15) is 11.6 Å². The van der Waals surface area contributed by atoms with E-state index in [4.69, 9.17) is 0 Å². The lowest BCUT2D eigenvalue weighted by molar-refractivity contribution is -0.384. The summed E-state index contributed by atoms with van der Waals surface area (Å²) in [6, 6.07) is 3.10. The van der Waals surface area contributed by atoms with Gasteiger partial charge in [-0.05, 0) is 31.6 Å². The van der Waals surface area contributed by atoms with Crippen LogP contribution >= 0.6 is 0 Å². The molecular weight excluding hydrogens is 256 g/mol. The van der Waals surface area contributed by atoms with Crippen LogP contribution in [0.1, 0.15) is 26.2 Å². The van der Waals surface area contributed by atoms with Gasteiger partial charge in [-0.3, -0.25) is 10.1 Å². The Balaban J connectivity index is 1.86. The summed E-state index contributed by atoms with van der Waals surface area (Å²) in [7, 11) is 0. The van der Waals surface area contributed by atoms with Crippen LogP contribution in [-0.2, 0) is 0 Å². The van der Waals surface area contributed by atoms with Crippen LogP contribution in [0.4, 0.5) is 17.3 Å². The molecule has 2 heterocycles. The minimum Gasteiger partial charge on any atom is -0.370 e. The minimum absolute atomic E-state index is 0.114. The molecule has 20 heavy (non-hydrogen) atoms. The van der Waals surface area contributed by atoms with E-state index in [0.717, 1.165) is 30.7 Å². The zero-order valence-electron chi connectivity index (χ0n) is 11.7. The number of nitrogens with one attached hydrogen (secondary N) is 1. The molecule has 0 radical (unpaired) electrons. The Morgan fingerprint density at radius 3 is 2.70 bits per heavy atom. The molecule has 1 aliphatic carbocycles. The lowest BCUT2D eigenvalue weighted by atomic mass is 10.0. The molecule has 0 spiro atoms. The van der Waals surface area contributed by atoms with Gasteiger partial charge in [0.05, 0.1) is 17.1 Å². The number of rotatable bonds is 4. The molecule has 3 rings (SSSR count). The molecule has 108 valence electrons. The molecule has 1 aromatic heterocycles. The van der Waals surface area contributed by atoms with Gasteiger partial charge < -0.3 is 10.2 Å². The normalized spacial score (nSPS) is 24.8. The highest BCUT2D eigenvalue weighted by atomic mass is 16.6. The van der Waals surface area contributed by atoms with E-state index in [0.29, 0.717) is 12.4 Å². The van der Waals surface area contributed by atoms with Gasteiger partial charge in [-0.1, -0.05) is 6.42 Å². The van der Waals surface area contributed by atoms with Gasteiger partial charge in [-0.25, -0.2) is 4.98 Å². The first-order valence-electron chi connectivity index (χ1n) is 7.32. The van der Waals surface area contributed by atoms with Crippen LogP contribution in [0, 0.1) is 22.0 Å². The summed E-state index contributed by atoms with van der Waals surface area (Å²) in [5, 5.41) is 14.1. The van der Waals surface area contributed by atoms with Crippen molar-refractivity contribution < 1.29 is 4.92 Å². The molecule has 0 aromatic carbocycles. The third kappa shape index (κ3) is 2.42. The molecule has 1 N–H and O–H groups in total. The Hall–Kier alpha value is -1.85. The number of hydrogen-bond donors (Lipinski definition) is 1. The Morgan fingerprint density at radius 2 is 2.10 bits per heavy atom. The average Bonchev–Trinajstić information content (AvgIpc) is 2.99. The van der Waals surface area contributed by atoms with Crippen molar-refractivity contribution in [1.82, 2.24) is 4.98 Å². The van der Waals surface area contributed by atoms with Gasteiger partial charge in [0.2, 0.25) is 0 Å². The second-order valence-corrected chi connectivity index (χ2v) is 5.71. The van der Waals surface area contributed by atoms with E-state index < -0.39 is 0 Å². The Bertz CT molecular complexity index is 508. The van der Waals surface area contributed by atoms with Crippen molar-refractivity contribution in [2.45, 2.75) is 26.2 Å². The van der Waals surface area contributed by atoms with Crippen LogP contribution in [0.5, 0.6) is 0 Å². The number of nitrogens with zero attached hydrogens (tertiary/aromatic N) is 3. The first-order valence-corrected chi connectivity index (χ1v) is 7.32. The molecule has 1 saturated heterocycles. The van der Waals surface area contributed by atoms with Crippen LogP contribution < -0.4 is 10.2 Å². The van der Waals surface area contributed by atoms with Gasteiger partial charge >= 0.3 is 0 Å². The van der Waals surface area contributed by atoms with Gasteiger partial charge in [-0.2, -0.15) is 0 Å². The summed E-state index contributed by atoms with van der Waals surface area (Å²) < 4.78 is 0. The predicted octanol–water partition coefficient (Wildman–Crippen LogP) is 2.66. The van der Waals surface area contributed by atoms with Crippen LogP contribution in [0.3, 0.4) is 0 Å². The van der Waals surface area contributed by atoms with Crippen LogP contribution in [0.25, 0.3) is 0 Å². The molecule has 2 fully saturated rings. The van der Waals surface area contributed by atoms with Crippen LogP contribution in [0.15, 0.2) is 12.1 Å². The molecule has 1 aromatic rings. The van der Waals surface area contributed by atoms with Gasteiger partial charge in [0.25, 0.3) is 5.69 Å². The fourth-order valence-corrected chi connectivity index (χ4v) is 3.46. The number of fused-ring (bicyclic) bond motifs is 1. The molecule has 0 amide bonds. The zero-order valence-corrected chi connectivity index (χ0v) is 11.7. The zero-order chi connectivity index (χ0) is 14.1. The second kappa shape index (κ2) is 5.26. The number of anilines is 2. The molecule has 2 atom stereocenters. The maximum atomic E-state index is 11.1. The second-order valence-electron chi connectivity index (χ2n) is 5.71. The first kappa shape index (κ1) is 13.1. The van der Waals surface area contributed by atoms with E-state index in [-0.39, 0.29) is 10.6 Å². The lowest BCUT2D eigenvalue weighted by Gasteiger charge is -2.19. The molecule has 2 unspecified atom stereocenters. The molecule has 6 nitrogen and oxygen atoms in total. The van der Waals surface area contributed by atoms with Crippen molar-refractivity contribution in [3.8, 4) is 0 Å². The fraction of sp³-hybridized carbons (Fsp3) is 0.643.